The first-order valence-electron chi connectivity index (χ1n) is 12.6. The predicted octanol–water partition coefficient (Wildman–Crippen LogP) is 7.56. The van der Waals surface area contributed by atoms with E-state index in [1.165, 1.54) is 6.07 Å². The molecule has 27 heavy (non-hydrogen) atoms. The van der Waals surface area contributed by atoms with E-state index in [1.807, 2.05) is 36.4 Å². The Balaban J connectivity index is 1.96. The second-order valence-electron chi connectivity index (χ2n) is 6.38. The summed E-state index contributed by atoms with van der Waals surface area (Å²) >= 11 is 0. The maximum atomic E-state index is 8.71. The Morgan fingerprint density at radius 2 is 1.30 bits per heavy atom. The maximum Gasteiger partial charge on any atom is 0.143 e. The van der Waals surface area contributed by atoms with Gasteiger partial charge >= 0.3 is 0 Å². The Morgan fingerprint density at radius 3 is 2.07 bits per heavy atom. The Bertz CT molecular complexity index is 1810. The van der Waals surface area contributed by atoms with E-state index in [1.54, 1.807) is 6.07 Å². The van der Waals surface area contributed by atoms with Crippen LogP contribution in [0.25, 0.3) is 54.6 Å². The molecule has 0 amide bonds. The minimum atomic E-state index is -0.416. The van der Waals surface area contributed by atoms with Gasteiger partial charge < -0.3 is 4.42 Å². The van der Waals surface area contributed by atoms with Crippen molar-refractivity contribution in [3.63, 3.8) is 0 Å². The fourth-order valence-electron chi connectivity index (χ4n) is 3.74. The smallest absolute Gasteiger partial charge is 0.143 e. The molecule has 0 fully saturated rings. The van der Waals surface area contributed by atoms with Crippen molar-refractivity contribution in [3.05, 3.63) is 96.9 Å². The summed E-state index contributed by atoms with van der Waals surface area (Å²) in [5, 5.41) is 2.39. The molecule has 5 aromatic carbocycles. The first-order chi connectivity index (χ1) is 16.7. The molecule has 0 saturated heterocycles. The summed E-state index contributed by atoms with van der Waals surface area (Å²) < 4.78 is 73.6. The predicted molar refractivity (Wildman–Crippen MR) is 114 cm³/mol. The molecule has 0 aliphatic heterocycles. The fourth-order valence-corrected chi connectivity index (χ4v) is 3.74. The van der Waals surface area contributed by atoms with Gasteiger partial charge in [0.05, 0.1) is 11.0 Å². The fraction of sp³-hybridized carbons (Fsp3) is 0. The molecule has 1 heteroatoms. The van der Waals surface area contributed by atoms with E-state index in [9.17, 15) is 0 Å². The summed E-state index contributed by atoms with van der Waals surface area (Å²) in [6.45, 7) is 0. The Morgan fingerprint density at radius 1 is 0.630 bits per heavy atom. The van der Waals surface area contributed by atoms with E-state index in [0.717, 1.165) is 10.8 Å². The van der Waals surface area contributed by atoms with Crippen molar-refractivity contribution in [2.45, 2.75) is 0 Å². The molecule has 0 N–H and O–H groups in total. The third kappa shape index (κ3) is 2.06. The quantitative estimate of drug-likeness (QED) is 0.278. The lowest BCUT2D eigenvalue weighted by Gasteiger charge is -2.12. The average molecular weight is 352 g/mol. The van der Waals surface area contributed by atoms with Crippen LogP contribution in [0.1, 0.15) is 11.0 Å². The molecule has 0 bridgehead atoms. The van der Waals surface area contributed by atoms with Gasteiger partial charge in [-0.15, -0.1) is 0 Å². The molecule has 0 aliphatic carbocycles. The SMILES string of the molecule is [2H]c1c([2H])c([2H])c2c(-c3cccc4c3oc3ccccc34)c3c([2H])c([2H])c([2H])c([2H])c3cc2c1[2H]. The normalized spacial score (nSPS) is 15.9. The number of hydrogen-bond acceptors (Lipinski definition) is 1. The van der Waals surface area contributed by atoms with Crippen LogP contribution in [0.5, 0.6) is 0 Å². The van der Waals surface area contributed by atoms with Crippen LogP contribution < -0.4 is 0 Å². The lowest BCUT2D eigenvalue weighted by atomic mass is 9.91. The van der Waals surface area contributed by atoms with Crippen molar-refractivity contribution in [2.75, 3.05) is 0 Å². The third-order valence-electron chi connectivity index (χ3n) is 4.90. The van der Waals surface area contributed by atoms with Gasteiger partial charge in [-0.3, -0.25) is 0 Å². The molecule has 0 unspecified atom stereocenters. The monoisotopic (exact) mass is 352 g/mol. The lowest BCUT2D eigenvalue weighted by molar-refractivity contribution is 0.670. The third-order valence-corrected chi connectivity index (χ3v) is 4.90. The second-order valence-corrected chi connectivity index (χ2v) is 6.38. The summed E-state index contributed by atoms with van der Waals surface area (Å²) in [6, 6.07) is 11.6. The summed E-state index contributed by atoms with van der Waals surface area (Å²) in [6.07, 6.45) is 0. The van der Waals surface area contributed by atoms with Crippen LogP contribution in [0.15, 0.2) is 101 Å². The zero-order chi connectivity index (χ0) is 24.8. The molecule has 1 nitrogen and oxygen atoms in total. The van der Waals surface area contributed by atoms with Crippen molar-refractivity contribution < 1.29 is 15.4 Å². The Labute approximate surface area is 167 Å². The van der Waals surface area contributed by atoms with Crippen LogP contribution in [-0.4, -0.2) is 0 Å². The minimum absolute atomic E-state index is 0.177. The largest absolute Gasteiger partial charge is 0.455 e. The molecule has 1 aromatic heterocycles. The van der Waals surface area contributed by atoms with E-state index < -0.39 is 24.2 Å². The number of rotatable bonds is 1. The van der Waals surface area contributed by atoms with Gasteiger partial charge in [-0.1, -0.05) is 84.7 Å². The van der Waals surface area contributed by atoms with Crippen molar-refractivity contribution in [3.8, 4) is 11.1 Å². The van der Waals surface area contributed by atoms with Crippen molar-refractivity contribution in [1.29, 1.82) is 0 Å². The highest BCUT2D eigenvalue weighted by Gasteiger charge is 2.16. The van der Waals surface area contributed by atoms with E-state index in [2.05, 4.69) is 0 Å². The van der Waals surface area contributed by atoms with Crippen molar-refractivity contribution >= 4 is 43.5 Å². The summed E-state index contributed by atoms with van der Waals surface area (Å²) in [5.41, 5.74) is 1.90. The highest BCUT2D eigenvalue weighted by atomic mass is 16.3. The first-order valence-corrected chi connectivity index (χ1v) is 8.56. The topological polar surface area (TPSA) is 13.1 Å². The number of benzene rings is 5. The summed E-state index contributed by atoms with van der Waals surface area (Å²) in [4.78, 5) is 0. The number of furan rings is 1. The van der Waals surface area contributed by atoms with Crippen LogP contribution >= 0.6 is 0 Å². The standard InChI is InChI=1S/C26H16O/c1-3-10-19-17(8-1)16-18-9-2-4-11-20(18)25(19)23-14-7-13-22-21-12-5-6-15-24(21)27-26(22)23/h1-16H/i1D,2D,3D,4D,8D,9D,10D,11D. The second kappa shape index (κ2) is 5.46. The number of hydrogen-bond donors (Lipinski definition) is 0. The van der Waals surface area contributed by atoms with E-state index in [-0.39, 0.29) is 45.7 Å². The maximum absolute atomic E-state index is 8.71. The van der Waals surface area contributed by atoms with Gasteiger partial charge in [0.25, 0.3) is 0 Å². The van der Waals surface area contributed by atoms with Gasteiger partial charge in [0.2, 0.25) is 0 Å². The molecule has 0 radical (unpaired) electrons. The summed E-state index contributed by atoms with van der Waals surface area (Å²) in [7, 11) is 0. The molecular formula is C26H16O. The highest BCUT2D eigenvalue weighted by molar-refractivity contribution is 6.18. The highest BCUT2D eigenvalue weighted by Crippen LogP contribution is 2.41. The molecule has 6 rings (SSSR count). The van der Waals surface area contributed by atoms with Crippen molar-refractivity contribution in [1.82, 2.24) is 0 Å². The van der Waals surface area contributed by atoms with E-state index >= 15 is 0 Å². The van der Waals surface area contributed by atoms with E-state index in [4.69, 9.17) is 15.4 Å². The van der Waals surface area contributed by atoms with Gasteiger partial charge in [-0.05, 0) is 33.7 Å². The van der Waals surface area contributed by atoms with Crippen LogP contribution in [0.4, 0.5) is 0 Å². The zero-order valence-electron chi connectivity index (χ0n) is 22.0. The van der Waals surface area contributed by atoms with Gasteiger partial charge in [0, 0.05) is 21.9 Å². The molecule has 1 heterocycles. The average Bonchev–Trinajstić information content (AvgIpc) is 3.26. The van der Waals surface area contributed by atoms with Crippen LogP contribution in [-0.2, 0) is 0 Å². The van der Waals surface area contributed by atoms with Crippen LogP contribution in [0.2, 0.25) is 0 Å². The molecule has 6 aromatic rings. The molecule has 0 spiro atoms. The van der Waals surface area contributed by atoms with Gasteiger partial charge in [0.1, 0.15) is 11.2 Å². The number of para-hydroxylation sites is 2. The Kier molecular flexibility index (Phi) is 1.79. The Hall–Kier alpha value is -3.58. The van der Waals surface area contributed by atoms with Crippen LogP contribution in [0, 0.1) is 0 Å². The molecule has 0 aliphatic rings. The first kappa shape index (κ1) is 8.88. The zero-order valence-corrected chi connectivity index (χ0v) is 14.0. The molecular weight excluding hydrogens is 328 g/mol. The number of fused-ring (bicyclic) bond motifs is 5. The van der Waals surface area contributed by atoms with E-state index in [0.29, 0.717) is 22.3 Å². The van der Waals surface area contributed by atoms with Gasteiger partial charge in [-0.2, -0.15) is 0 Å². The molecule has 126 valence electrons. The summed E-state index contributed by atoms with van der Waals surface area (Å²) in [5.74, 6) is 0. The lowest BCUT2D eigenvalue weighted by Crippen LogP contribution is -1.86. The van der Waals surface area contributed by atoms with Crippen LogP contribution in [0.3, 0.4) is 0 Å². The van der Waals surface area contributed by atoms with Gasteiger partial charge in [-0.25, -0.2) is 0 Å². The minimum Gasteiger partial charge on any atom is -0.455 e. The van der Waals surface area contributed by atoms with Crippen molar-refractivity contribution in [2.24, 2.45) is 0 Å². The molecule has 0 saturated carbocycles. The van der Waals surface area contributed by atoms with Gasteiger partial charge in [0.15, 0.2) is 0 Å². The molecule has 0 atom stereocenters.